The number of rotatable bonds is 3. The topological polar surface area (TPSA) is 80.7 Å². The first-order valence-corrected chi connectivity index (χ1v) is 4.47. The van der Waals surface area contributed by atoms with E-state index in [9.17, 15) is 0 Å². The summed E-state index contributed by atoms with van der Waals surface area (Å²) in [5.74, 6) is 0.708. The Labute approximate surface area is 81.3 Å². The lowest BCUT2D eigenvalue weighted by molar-refractivity contribution is 0.430. The summed E-state index contributed by atoms with van der Waals surface area (Å²) in [6.07, 6.45) is 2.44. The molecule has 0 aliphatic carbocycles. The average molecular weight is 192 g/mol. The Kier molecular flexibility index (Phi) is 2.32. The Morgan fingerprint density at radius 1 is 1.57 bits per heavy atom. The number of hydrogen-bond acceptors (Lipinski definition) is 4. The Morgan fingerprint density at radius 2 is 2.43 bits per heavy atom. The van der Waals surface area contributed by atoms with Gasteiger partial charge in [0.1, 0.15) is 5.69 Å². The van der Waals surface area contributed by atoms with E-state index in [2.05, 4.69) is 15.4 Å². The van der Waals surface area contributed by atoms with Crippen LogP contribution in [-0.4, -0.2) is 21.9 Å². The largest absolute Gasteiger partial charge is 0.354 e. The first-order valence-electron chi connectivity index (χ1n) is 4.47. The summed E-state index contributed by atoms with van der Waals surface area (Å²) >= 11 is 0. The maximum atomic E-state index is 5.47. The van der Waals surface area contributed by atoms with Gasteiger partial charge in [0.05, 0.1) is 6.20 Å². The predicted octanol–water partition coefficient (Wildman–Crippen LogP) is 0.874. The zero-order valence-corrected chi connectivity index (χ0v) is 7.95. The number of nitrogens with two attached hydrogens (primary N) is 1. The molecule has 0 bridgehead atoms. The molecule has 0 spiro atoms. The summed E-state index contributed by atoms with van der Waals surface area (Å²) in [6, 6.07) is 1.92. The third-order valence-corrected chi connectivity index (χ3v) is 2.00. The summed E-state index contributed by atoms with van der Waals surface area (Å²) in [7, 11) is 0. The van der Waals surface area contributed by atoms with Crippen LogP contribution in [0.2, 0.25) is 0 Å². The van der Waals surface area contributed by atoms with Crippen LogP contribution in [0.25, 0.3) is 11.5 Å². The van der Waals surface area contributed by atoms with Crippen molar-refractivity contribution in [3.05, 3.63) is 23.5 Å². The number of aromatic nitrogens is 3. The summed E-state index contributed by atoms with van der Waals surface area (Å²) in [5, 5.41) is 10.7. The Hall–Kier alpha value is -1.62. The molecule has 74 valence electrons. The first-order chi connectivity index (χ1) is 6.81. The van der Waals surface area contributed by atoms with E-state index < -0.39 is 0 Å². The summed E-state index contributed by atoms with van der Waals surface area (Å²) in [6.45, 7) is 2.52. The second kappa shape index (κ2) is 3.63. The standard InChI is InChI=1S/C9H12N4O/c1-6-4-8(13-12-6)9-7(2-3-10)5-11-14-9/h4-5H,2-3,10H2,1H3,(H,12,13). The molecule has 0 aliphatic heterocycles. The average Bonchev–Trinajstić information content (AvgIpc) is 2.74. The number of H-pyrrole nitrogens is 1. The van der Waals surface area contributed by atoms with Crippen LogP contribution in [0, 0.1) is 6.92 Å². The molecule has 2 rings (SSSR count). The van der Waals surface area contributed by atoms with Gasteiger partial charge in [-0.15, -0.1) is 0 Å². The molecule has 0 atom stereocenters. The fraction of sp³-hybridized carbons (Fsp3) is 0.333. The van der Waals surface area contributed by atoms with Gasteiger partial charge in [0.2, 0.25) is 0 Å². The predicted molar refractivity (Wildman–Crippen MR) is 51.6 cm³/mol. The van der Waals surface area contributed by atoms with Crippen LogP contribution in [0.5, 0.6) is 0 Å². The summed E-state index contributed by atoms with van der Waals surface area (Å²) in [4.78, 5) is 0. The van der Waals surface area contributed by atoms with Gasteiger partial charge >= 0.3 is 0 Å². The van der Waals surface area contributed by atoms with Crippen molar-refractivity contribution in [2.24, 2.45) is 5.73 Å². The van der Waals surface area contributed by atoms with Gasteiger partial charge in [-0.3, -0.25) is 5.10 Å². The van der Waals surface area contributed by atoms with Crippen LogP contribution in [-0.2, 0) is 6.42 Å². The molecule has 0 fully saturated rings. The van der Waals surface area contributed by atoms with E-state index in [1.165, 1.54) is 0 Å². The van der Waals surface area contributed by atoms with Crippen molar-refractivity contribution in [2.75, 3.05) is 6.54 Å². The van der Waals surface area contributed by atoms with Crippen molar-refractivity contribution in [2.45, 2.75) is 13.3 Å². The number of aromatic amines is 1. The molecule has 0 aliphatic rings. The van der Waals surface area contributed by atoms with Crippen LogP contribution >= 0.6 is 0 Å². The molecule has 3 N–H and O–H groups in total. The van der Waals surface area contributed by atoms with E-state index in [0.717, 1.165) is 23.4 Å². The minimum atomic E-state index is 0.581. The molecule has 0 radical (unpaired) electrons. The minimum absolute atomic E-state index is 0.581. The molecule has 0 saturated carbocycles. The van der Waals surface area contributed by atoms with Crippen LogP contribution in [0.15, 0.2) is 16.8 Å². The summed E-state index contributed by atoms with van der Waals surface area (Å²) < 4.78 is 5.13. The van der Waals surface area contributed by atoms with Crippen LogP contribution in [0.3, 0.4) is 0 Å². The molecule has 0 saturated heterocycles. The van der Waals surface area contributed by atoms with Gasteiger partial charge in [-0.25, -0.2) is 0 Å². The Bertz CT molecular complexity index is 418. The highest BCUT2D eigenvalue weighted by Crippen LogP contribution is 2.21. The normalized spacial score (nSPS) is 10.7. The molecule has 14 heavy (non-hydrogen) atoms. The second-order valence-corrected chi connectivity index (χ2v) is 3.16. The Morgan fingerprint density at radius 3 is 3.07 bits per heavy atom. The maximum Gasteiger partial charge on any atom is 0.190 e. The highest BCUT2D eigenvalue weighted by molar-refractivity contribution is 5.56. The highest BCUT2D eigenvalue weighted by atomic mass is 16.5. The zero-order chi connectivity index (χ0) is 9.97. The van der Waals surface area contributed by atoms with E-state index in [1.54, 1.807) is 6.20 Å². The van der Waals surface area contributed by atoms with Crippen LogP contribution in [0.1, 0.15) is 11.3 Å². The lowest BCUT2D eigenvalue weighted by atomic mass is 10.1. The van der Waals surface area contributed by atoms with Crippen LogP contribution < -0.4 is 5.73 Å². The maximum absolute atomic E-state index is 5.47. The van der Waals surface area contributed by atoms with E-state index in [1.807, 2.05) is 13.0 Å². The zero-order valence-electron chi connectivity index (χ0n) is 7.95. The van der Waals surface area contributed by atoms with Crippen molar-refractivity contribution >= 4 is 0 Å². The number of nitrogens with one attached hydrogen (secondary N) is 1. The van der Waals surface area contributed by atoms with Gasteiger partial charge < -0.3 is 10.3 Å². The van der Waals surface area contributed by atoms with Gasteiger partial charge in [0.15, 0.2) is 5.76 Å². The molecule has 2 aromatic heterocycles. The van der Waals surface area contributed by atoms with Gasteiger partial charge in [-0.1, -0.05) is 5.16 Å². The highest BCUT2D eigenvalue weighted by Gasteiger charge is 2.12. The van der Waals surface area contributed by atoms with Gasteiger partial charge in [0.25, 0.3) is 0 Å². The van der Waals surface area contributed by atoms with Crippen LogP contribution in [0.4, 0.5) is 0 Å². The van der Waals surface area contributed by atoms with E-state index in [-0.39, 0.29) is 0 Å². The fourth-order valence-electron chi connectivity index (χ4n) is 1.34. The quantitative estimate of drug-likeness (QED) is 0.756. The minimum Gasteiger partial charge on any atom is -0.354 e. The smallest absolute Gasteiger partial charge is 0.190 e. The molecule has 2 aromatic rings. The van der Waals surface area contributed by atoms with Crippen molar-refractivity contribution in [1.82, 2.24) is 15.4 Å². The number of aryl methyl sites for hydroxylation is 1. The molecule has 0 amide bonds. The van der Waals surface area contributed by atoms with Gasteiger partial charge in [0, 0.05) is 11.3 Å². The fourth-order valence-corrected chi connectivity index (χ4v) is 1.34. The van der Waals surface area contributed by atoms with Gasteiger partial charge in [-0.05, 0) is 26.0 Å². The van der Waals surface area contributed by atoms with E-state index in [4.69, 9.17) is 10.3 Å². The monoisotopic (exact) mass is 192 g/mol. The van der Waals surface area contributed by atoms with E-state index in [0.29, 0.717) is 12.3 Å². The summed E-state index contributed by atoms with van der Waals surface area (Å²) in [5.41, 5.74) is 8.25. The molecular weight excluding hydrogens is 180 g/mol. The molecule has 2 heterocycles. The first kappa shape index (κ1) is 8.96. The van der Waals surface area contributed by atoms with Crippen molar-refractivity contribution in [1.29, 1.82) is 0 Å². The number of hydrogen-bond donors (Lipinski definition) is 2. The van der Waals surface area contributed by atoms with Crippen molar-refractivity contribution < 1.29 is 4.52 Å². The molecule has 0 unspecified atom stereocenters. The van der Waals surface area contributed by atoms with Gasteiger partial charge in [-0.2, -0.15) is 5.10 Å². The second-order valence-electron chi connectivity index (χ2n) is 3.16. The molecule has 5 heteroatoms. The van der Waals surface area contributed by atoms with Crippen molar-refractivity contribution in [3.63, 3.8) is 0 Å². The van der Waals surface area contributed by atoms with E-state index >= 15 is 0 Å². The SMILES string of the molecule is Cc1cc(-c2oncc2CCN)n[nH]1. The number of nitrogens with zero attached hydrogens (tertiary/aromatic N) is 2. The third kappa shape index (κ3) is 1.54. The Balaban J connectivity index is 2.36. The van der Waals surface area contributed by atoms with Crippen molar-refractivity contribution in [3.8, 4) is 11.5 Å². The molecule has 5 nitrogen and oxygen atoms in total. The lowest BCUT2D eigenvalue weighted by Gasteiger charge is -1.93. The molecule has 0 aromatic carbocycles. The lowest BCUT2D eigenvalue weighted by Crippen LogP contribution is -2.02. The third-order valence-electron chi connectivity index (χ3n) is 2.00. The molecular formula is C9H12N4O.